The SMILES string of the molecule is CC(C)(C)OC(=O)Nc1cccc(CCNC(=O)Oc2ccc(N)cn2)n1. The highest BCUT2D eigenvalue weighted by molar-refractivity contribution is 5.83. The molecule has 144 valence electrons. The van der Waals surface area contributed by atoms with Crippen LogP contribution in [0.3, 0.4) is 0 Å². The van der Waals surface area contributed by atoms with Gasteiger partial charge < -0.3 is 20.5 Å². The standard InChI is InChI=1S/C18H23N5O4/c1-18(2,3)27-17(25)23-14-6-4-5-13(22-14)9-10-20-16(24)26-15-8-7-12(19)11-21-15/h4-8,11H,9-10,19H2,1-3H3,(H,20,24)(H,22,23,25). The summed E-state index contributed by atoms with van der Waals surface area (Å²) >= 11 is 0. The van der Waals surface area contributed by atoms with Crippen LogP contribution in [0.1, 0.15) is 26.5 Å². The van der Waals surface area contributed by atoms with Crippen molar-refractivity contribution in [1.82, 2.24) is 15.3 Å². The molecule has 0 aromatic carbocycles. The van der Waals surface area contributed by atoms with Crippen molar-refractivity contribution in [3.63, 3.8) is 0 Å². The van der Waals surface area contributed by atoms with Gasteiger partial charge in [-0.15, -0.1) is 0 Å². The fraction of sp³-hybridized carbons (Fsp3) is 0.333. The molecule has 2 heterocycles. The zero-order chi connectivity index (χ0) is 19.9. The van der Waals surface area contributed by atoms with Crippen molar-refractivity contribution in [2.75, 3.05) is 17.6 Å². The normalized spacial score (nSPS) is 10.8. The zero-order valence-corrected chi connectivity index (χ0v) is 15.5. The van der Waals surface area contributed by atoms with E-state index in [1.807, 2.05) is 0 Å². The fourth-order valence-electron chi connectivity index (χ4n) is 1.97. The quantitative estimate of drug-likeness (QED) is 0.735. The van der Waals surface area contributed by atoms with E-state index in [9.17, 15) is 9.59 Å². The van der Waals surface area contributed by atoms with E-state index in [-0.39, 0.29) is 5.88 Å². The summed E-state index contributed by atoms with van der Waals surface area (Å²) in [5.41, 5.74) is 6.09. The highest BCUT2D eigenvalue weighted by Crippen LogP contribution is 2.11. The first-order valence-corrected chi connectivity index (χ1v) is 8.34. The minimum Gasteiger partial charge on any atom is -0.444 e. The largest absolute Gasteiger partial charge is 0.444 e. The third-order valence-corrected chi connectivity index (χ3v) is 3.04. The van der Waals surface area contributed by atoms with Crippen molar-refractivity contribution >= 4 is 23.7 Å². The molecule has 0 aliphatic rings. The van der Waals surface area contributed by atoms with Gasteiger partial charge in [0.1, 0.15) is 11.4 Å². The summed E-state index contributed by atoms with van der Waals surface area (Å²) in [4.78, 5) is 31.7. The minimum absolute atomic E-state index is 0.156. The Labute approximate surface area is 157 Å². The first kappa shape index (κ1) is 20.0. The molecule has 0 aliphatic heterocycles. The van der Waals surface area contributed by atoms with Gasteiger partial charge in [-0.3, -0.25) is 5.32 Å². The fourth-order valence-corrected chi connectivity index (χ4v) is 1.97. The highest BCUT2D eigenvalue weighted by atomic mass is 16.6. The number of hydrogen-bond donors (Lipinski definition) is 3. The number of pyridine rings is 2. The van der Waals surface area contributed by atoms with E-state index in [1.54, 1.807) is 45.0 Å². The third kappa shape index (κ3) is 7.59. The second kappa shape index (κ2) is 8.84. The Morgan fingerprint density at radius 2 is 1.93 bits per heavy atom. The van der Waals surface area contributed by atoms with Crippen LogP contribution in [0.15, 0.2) is 36.5 Å². The summed E-state index contributed by atoms with van der Waals surface area (Å²) in [5, 5.41) is 5.17. The van der Waals surface area contributed by atoms with Gasteiger partial charge in [-0.25, -0.2) is 19.6 Å². The van der Waals surface area contributed by atoms with Gasteiger partial charge in [-0.2, -0.15) is 0 Å². The van der Waals surface area contributed by atoms with Crippen molar-refractivity contribution in [2.45, 2.75) is 32.8 Å². The summed E-state index contributed by atoms with van der Waals surface area (Å²) < 4.78 is 10.2. The van der Waals surface area contributed by atoms with Gasteiger partial charge in [0.05, 0.1) is 11.9 Å². The van der Waals surface area contributed by atoms with E-state index in [1.165, 1.54) is 12.3 Å². The van der Waals surface area contributed by atoms with Crippen LogP contribution in [-0.4, -0.2) is 34.3 Å². The summed E-state index contributed by atoms with van der Waals surface area (Å²) in [6.45, 7) is 5.64. The van der Waals surface area contributed by atoms with Gasteiger partial charge in [-0.1, -0.05) is 6.07 Å². The maximum absolute atomic E-state index is 11.8. The molecule has 2 amide bonds. The Bertz CT molecular complexity index is 787. The van der Waals surface area contributed by atoms with Crippen LogP contribution in [-0.2, 0) is 11.2 Å². The number of hydrogen-bond acceptors (Lipinski definition) is 7. The number of carbonyl (C=O) groups excluding carboxylic acids is 2. The van der Waals surface area contributed by atoms with E-state index in [2.05, 4.69) is 20.6 Å². The van der Waals surface area contributed by atoms with E-state index in [0.717, 1.165) is 0 Å². The lowest BCUT2D eigenvalue weighted by atomic mass is 10.2. The number of rotatable bonds is 5. The molecule has 2 aromatic heterocycles. The third-order valence-electron chi connectivity index (χ3n) is 3.04. The average molecular weight is 373 g/mol. The topological polar surface area (TPSA) is 128 Å². The van der Waals surface area contributed by atoms with Crippen molar-refractivity contribution in [1.29, 1.82) is 0 Å². The summed E-state index contributed by atoms with van der Waals surface area (Å²) in [6, 6.07) is 8.29. The Balaban J connectivity index is 1.79. The summed E-state index contributed by atoms with van der Waals surface area (Å²) in [6.07, 6.45) is 0.643. The van der Waals surface area contributed by atoms with Gasteiger partial charge in [0, 0.05) is 24.7 Å². The van der Waals surface area contributed by atoms with Crippen molar-refractivity contribution in [2.24, 2.45) is 0 Å². The Hall–Kier alpha value is -3.36. The number of aromatic nitrogens is 2. The van der Waals surface area contributed by atoms with E-state index >= 15 is 0 Å². The summed E-state index contributed by atoms with van der Waals surface area (Å²) in [7, 11) is 0. The van der Waals surface area contributed by atoms with Crippen LogP contribution in [0, 0.1) is 0 Å². The first-order valence-electron chi connectivity index (χ1n) is 8.34. The molecule has 2 rings (SSSR count). The lowest BCUT2D eigenvalue weighted by Crippen LogP contribution is -2.29. The summed E-state index contributed by atoms with van der Waals surface area (Å²) in [5.74, 6) is 0.527. The molecule has 0 bridgehead atoms. The van der Waals surface area contributed by atoms with Crippen LogP contribution in [0.25, 0.3) is 0 Å². The second-order valence-corrected chi connectivity index (χ2v) is 6.64. The molecule has 9 nitrogen and oxygen atoms in total. The molecule has 9 heteroatoms. The Morgan fingerprint density at radius 3 is 2.59 bits per heavy atom. The molecule has 27 heavy (non-hydrogen) atoms. The molecule has 0 spiro atoms. The van der Waals surface area contributed by atoms with Gasteiger partial charge in [-0.05, 0) is 39.0 Å². The van der Waals surface area contributed by atoms with Gasteiger partial charge in [0.2, 0.25) is 5.88 Å². The monoisotopic (exact) mass is 373 g/mol. The number of nitrogens with zero attached hydrogens (tertiary/aromatic N) is 2. The van der Waals surface area contributed by atoms with Crippen molar-refractivity contribution in [3.8, 4) is 5.88 Å². The number of ether oxygens (including phenoxy) is 2. The van der Waals surface area contributed by atoms with Crippen LogP contribution < -0.4 is 21.1 Å². The highest BCUT2D eigenvalue weighted by Gasteiger charge is 2.16. The number of nitrogen functional groups attached to an aromatic ring is 1. The van der Waals surface area contributed by atoms with Gasteiger partial charge in [0.25, 0.3) is 0 Å². The molecule has 2 aromatic rings. The first-order chi connectivity index (χ1) is 12.7. The molecular formula is C18H23N5O4. The smallest absolute Gasteiger partial charge is 0.413 e. The number of nitrogens with two attached hydrogens (primary N) is 1. The number of amides is 2. The van der Waals surface area contributed by atoms with Gasteiger partial charge >= 0.3 is 12.2 Å². The Kier molecular flexibility index (Phi) is 6.53. The van der Waals surface area contributed by atoms with Gasteiger partial charge in [0.15, 0.2) is 0 Å². The molecule has 0 radical (unpaired) electrons. The molecule has 0 unspecified atom stereocenters. The maximum atomic E-state index is 11.8. The van der Waals surface area contributed by atoms with Crippen LogP contribution in [0.2, 0.25) is 0 Å². The zero-order valence-electron chi connectivity index (χ0n) is 15.5. The van der Waals surface area contributed by atoms with Crippen molar-refractivity contribution < 1.29 is 19.1 Å². The van der Waals surface area contributed by atoms with Crippen LogP contribution in [0.5, 0.6) is 5.88 Å². The second-order valence-electron chi connectivity index (χ2n) is 6.64. The van der Waals surface area contributed by atoms with E-state index < -0.39 is 17.8 Å². The number of carbonyl (C=O) groups is 2. The molecule has 0 aliphatic carbocycles. The number of nitrogens with one attached hydrogen (secondary N) is 2. The van der Waals surface area contributed by atoms with E-state index in [0.29, 0.717) is 30.2 Å². The molecule has 0 atom stereocenters. The Morgan fingerprint density at radius 1 is 1.15 bits per heavy atom. The predicted molar refractivity (Wildman–Crippen MR) is 100 cm³/mol. The van der Waals surface area contributed by atoms with E-state index in [4.69, 9.17) is 15.2 Å². The molecule has 0 saturated heterocycles. The maximum Gasteiger partial charge on any atom is 0.413 e. The molecule has 0 fully saturated rings. The van der Waals surface area contributed by atoms with Crippen molar-refractivity contribution in [3.05, 3.63) is 42.2 Å². The lowest BCUT2D eigenvalue weighted by Gasteiger charge is -2.19. The predicted octanol–water partition coefficient (Wildman–Crippen LogP) is 2.74. The molecular weight excluding hydrogens is 350 g/mol. The lowest BCUT2D eigenvalue weighted by molar-refractivity contribution is 0.0635. The minimum atomic E-state index is -0.629. The number of anilines is 2. The molecule has 0 saturated carbocycles. The average Bonchev–Trinajstić information content (AvgIpc) is 2.55. The van der Waals surface area contributed by atoms with Crippen LogP contribution >= 0.6 is 0 Å². The molecule has 4 N–H and O–H groups in total. The van der Waals surface area contributed by atoms with Crippen LogP contribution in [0.4, 0.5) is 21.1 Å².